The van der Waals surface area contributed by atoms with Crippen molar-refractivity contribution in [2.45, 2.75) is 32.1 Å². The van der Waals surface area contributed by atoms with E-state index in [1.54, 1.807) is 6.20 Å². The minimum atomic E-state index is -0.138. The third kappa shape index (κ3) is 3.88. The summed E-state index contributed by atoms with van der Waals surface area (Å²) in [6.45, 7) is 2.59. The van der Waals surface area contributed by atoms with Gasteiger partial charge in [-0.1, -0.05) is 47.1 Å². The van der Waals surface area contributed by atoms with Crippen LogP contribution in [0.3, 0.4) is 0 Å². The van der Waals surface area contributed by atoms with Gasteiger partial charge < -0.3 is 10.5 Å². The van der Waals surface area contributed by atoms with Crippen LogP contribution in [0.4, 0.5) is 0 Å². The molecule has 2 unspecified atom stereocenters. The van der Waals surface area contributed by atoms with E-state index in [2.05, 4.69) is 27.8 Å². The van der Waals surface area contributed by atoms with Crippen molar-refractivity contribution in [1.29, 1.82) is 0 Å². The molecule has 4 heteroatoms. The summed E-state index contributed by atoms with van der Waals surface area (Å²) in [4.78, 5) is 4.15. The number of pyridine rings is 1. The Balaban J connectivity index is 2.11. The third-order valence-corrected chi connectivity index (χ3v) is 4.02. The van der Waals surface area contributed by atoms with E-state index in [0.717, 1.165) is 22.0 Å². The standard InChI is InChI=1S/C16H19BrN2O/c1-2-15(18)16(12-7-5-9-19-10-12)20-11-13-6-3-4-8-14(13)17/h3-10,15-16H,2,11,18H2,1H3. The van der Waals surface area contributed by atoms with Crippen molar-refractivity contribution in [2.75, 3.05) is 0 Å². The molecular formula is C16H19BrN2O. The van der Waals surface area contributed by atoms with E-state index in [-0.39, 0.29) is 12.1 Å². The first-order chi connectivity index (χ1) is 9.72. The number of hydrogen-bond donors (Lipinski definition) is 1. The van der Waals surface area contributed by atoms with Crippen LogP contribution in [-0.2, 0) is 11.3 Å². The summed E-state index contributed by atoms with van der Waals surface area (Å²) in [5, 5.41) is 0. The molecule has 0 aliphatic rings. The molecule has 0 saturated carbocycles. The lowest BCUT2D eigenvalue weighted by Gasteiger charge is -2.23. The van der Waals surface area contributed by atoms with Gasteiger partial charge in [0.1, 0.15) is 0 Å². The van der Waals surface area contributed by atoms with Crippen LogP contribution in [-0.4, -0.2) is 11.0 Å². The highest BCUT2D eigenvalue weighted by Gasteiger charge is 2.19. The summed E-state index contributed by atoms with van der Waals surface area (Å²) < 4.78 is 7.10. The van der Waals surface area contributed by atoms with Crippen molar-refractivity contribution in [3.63, 3.8) is 0 Å². The molecule has 3 nitrogen and oxygen atoms in total. The van der Waals surface area contributed by atoms with Crippen LogP contribution in [0.5, 0.6) is 0 Å². The number of nitrogens with two attached hydrogens (primary N) is 1. The number of nitrogens with zero attached hydrogens (tertiary/aromatic N) is 1. The van der Waals surface area contributed by atoms with Gasteiger partial charge in [0.25, 0.3) is 0 Å². The third-order valence-electron chi connectivity index (χ3n) is 3.25. The predicted octanol–water partition coefficient (Wildman–Crippen LogP) is 3.84. The molecule has 106 valence electrons. The highest BCUT2D eigenvalue weighted by atomic mass is 79.9. The fraction of sp³-hybridized carbons (Fsp3) is 0.312. The SMILES string of the molecule is CCC(N)C(OCc1ccccc1Br)c1cccnc1. The Morgan fingerprint density at radius 1 is 1.25 bits per heavy atom. The van der Waals surface area contributed by atoms with Crippen molar-refractivity contribution < 1.29 is 4.74 Å². The van der Waals surface area contributed by atoms with Gasteiger partial charge in [-0.15, -0.1) is 0 Å². The quantitative estimate of drug-likeness (QED) is 0.873. The van der Waals surface area contributed by atoms with Crippen molar-refractivity contribution in [3.8, 4) is 0 Å². The summed E-state index contributed by atoms with van der Waals surface area (Å²) in [7, 11) is 0. The van der Waals surface area contributed by atoms with Crippen molar-refractivity contribution in [1.82, 2.24) is 4.98 Å². The van der Waals surface area contributed by atoms with Crippen molar-refractivity contribution >= 4 is 15.9 Å². The average molecular weight is 335 g/mol. The number of aromatic nitrogens is 1. The Morgan fingerprint density at radius 3 is 2.70 bits per heavy atom. The fourth-order valence-electron chi connectivity index (χ4n) is 2.02. The lowest BCUT2D eigenvalue weighted by molar-refractivity contribution is 0.0208. The Hall–Kier alpha value is -1.23. The summed E-state index contributed by atoms with van der Waals surface area (Å²) in [5.41, 5.74) is 8.32. The summed E-state index contributed by atoms with van der Waals surface area (Å²) in [6, 6.07) is 11.9. The number of benzene rings is 1. The Kier molecular flexibility index (Phi) is 5.71. The second-order valence-corrected chi connectivity index (χ2v) is 5.54. The zero-order chi connectivity index (χ0) is 14.4. The van der Waals surface area contributed by atoms with E-state index < -0.39 is 0 Å². The Bertz CT molecular complexity index is 533. The normalized spacial score (nSPS) is 13.9. The first-order valence-electron chi connectivity index (χ1n) is 6.73. The van der Waals surface area contributed by atoms with Crippen LogP contribution >= 0.6 is 15.9 Å². The predicted molar refractivity (Wildman–Crippen MR) is 84.2 cm³/mol. The van der Waals surface area contributed by atoms with Crippen LogP contribution in [0.15, 0.2) is 53.3 Å². The van der Waals surface area contributed by atoms with Crippen LogP contribution in [0.2, 0.25) is 0 Å². The molecule has 2 N–H and O–H groups in total. The number of ether oxygens (including phenoxy) is 1. The smallest absolute Gasteiger partial charge is 0.0994 e. The second kappa shape index (κ2) is 7.53. The highest BCUT2D eigenvalue weighted by molar-refractivity contribution is 9.10. The van der Waals surface area contributed by atoms with E-state index in [9.17, 15) is 0 Å². The monoisotopic (exact) mass is 334 g/mol. The van der Waals surface area contributed by atoms with Gasteiger partial charge in [0.15, 0.2) is 0 Å². The first-order valence-corrected chi connectivity index (χ1v) is 7.52. The highest BCUT2D eigenvalue weighted by Crippen LogP contribution is 2.25. The summed E-state index contributed by atoms with van der Waals surface area (Å²) >= 11 is 3.53. The molecule has 0 aliphatic carbocycles. The molecule has 20 heavy (non-hydrogen) atoms. The summed E-state index contributed by atoms with van der Waals surface area (Å²) in [6.07, 6.45) is 4.29. The average Bonchev–Trinajstić information content (AvgIpc) is 2.50. The summed E-state index contributed by atoms with van der Waals surface area (Å²) in [5.74, 6) is 0. The Morgan fingerprint density at radius 2 is 2.05 bits per heavy atom. The molecule has 0 saturated heterocycles. The largest absolute Gasteiger partial charge is 0.367 e. The van der Waals surface area contributed by atoms with Gasteiger partial charge in [-0.3, -0.25) is 4.98 Å². The molecule has 0 bridgehead atoms. The molecule has 0 spiro atoms. The molecule has 0 fully saturated rings. The maximum Gasteiger partial charge on any atom is 0.0994 e. The topological polar surface area (TPSA) is 48.1 Å². The fourth-order valence-corrected chi connectivity index (χ4v) is 2.42. The van der Waals surface area contributed by atoms with E-state index in [1.165, 1.54) is 0 Å². The lowest BCUT2D eigenvalue weighted by Crippen LogP contribution is -2.29. The number of hydrogen-bond acceptors (Lipinski definition) is 3. The van der Waals surface area contributed by atoms with Crippen LogP contribution < -0.4 is 5.73 Å². The zero-order valence-electron chi connectivity index (χ0n) is 11.5. The molecule has 1 heterocycles. The van der Waals surface area contributed by atoms with Crippen LogP contribution in [0, 0.1) is 0 Å². The van der Waals surface area contributed by atoms with E-state index in [4.69, 9.17) is 10.5 Å². The maximum absolute atomic E-state index is 6.19. The molecular weight excluding hydrogens is 316 g/mol. The molecule has 2 rings (SSSR count). The van der Waals surface area contributed by atoms with Gasteiger partial charge in [-0.2, -0.15) is 0 Å². The number of halogens is 1. The van der Waals surface area contributed by atoms with Crippen LogP contribution in [0.25, 0.3) is 0 Å². The van der Waals surface area contributed by atoms with Gasteiger partial charge in [0.05, 0.1) is 12.7 Å². The second-order valence-electron chi connectivity index (χ2n) is 4.68. The molecule has 2 atom stereocenters. The minimum Gasteiger partial charge on any atom is -0.367 e. The van der Waals surface area contributed by atoms with E-state index in [1.807, 2.05) is 42.6 Å². The maximum atomic E-state index is 6.19. The molecule has 2 aromatic rings. The Labute approximate surface area is 128 Å². The van der Waals surface area contributed by atoms with Crippen LogP contribution in [0.1, 0.15) is 30.6 Å². The van der Waals surface area contributed by atoms with E-state index in [0.29, 0.717) is 6.61 Å². The van der Waals surface area contributed by atoms with Gasteiger partial charge >= 0.3 is 0 Å². The first kappa shape index (κ1) is 15.2. The van der Waals surface area contributed by atoms with E-state index >= 15 is 0 Å². The molecule has 1 aromatic heterocycles. The lowest BCUT2D eigenvalue weighted by atomic mass is 10.0. The molecule has 0 amide bonds. The molecule has 1 aromatic carbocycles. The molecule has 0 aliphatic heterocycles. The zero-order valence-corrected chi connectivity index (χ0v) is 13.1. The van der Waals surface area contributed by atoms with Crippen molar-refractivity contribution in [3.05, 3.63) is 64.4 Å². The van der Waals surface area contributed by atoms with Gasteiger partial charge in [0.2, 0.25) is 0 Å². The molecule has 0 radical (unpaired) electrons. The van der Waals surface area contributed by atoms with Gasteiger partial charge in [0, 0.05) is 28.5 Å². The van der Waals surface area contributed by atoms with Gasteiger partial charge in [-0.25, -0.2) is 0 Å². The van der Waals surface area contributed by atoms with Crippen molar-refractivity contribution in [2.24, 2.45) is 5.73 Å². The van der Waals surface area contributed by atoms with Gasteiger partial charge in [-0.05, 0) is 24.1 Å². The minimum absolute atomic E-state index is 0.0401. The number of rotatable bonds is 6.